The minimum Gasteiger partial charge on any atom is -0.310 e. The smallest absolute Gasteiger partial charge is 0.0619 e. The fourth-order valence-corrected chi connectivity index (χ4v) is 6.06. The van der Waals surface area contributed by atoms with E-state index in [-0.39, 0.29) is 10.8 Å². The molecule has 3 rings (SSSR count). The summed E-state index contributed by atoms with van der Waals surface area (Å²) in [5.74, 6) is 0. The van der Waals surface area contributed by atoms with Crippen molar-refractivity contribution in [2.45, 2.75) is 80.1 Å². The van der Waals surface area contributed by atoms with Gasteiger partial charge in [0.05, 0.1) is 11.4 Å². The van der Waals surface area contributed by atoms with Crippen LogP contribution >= 0.6 is 0 Å². The van der Waals surface area contributed by atoms with Crippen LogP contribution in [0.3, 0.4) is 0 Å². The average molecular weight is 637 g/mol. The number of hydrogen-bond acceptors (Lipinski definition) is 2. The molecule has 0 saturated heterocycles. The molecule has 0 atom stereocenters. The van der Waals surface area contributed by atoms with Crippen LogP contribution in [-0.2, 0) is 10.8 Å². The maximum absolute atomic E-state index is 4.26. The van der Waals surface area contributed by atoms with Gasteiger partial charge in [-0.2, -0.15) is 0 Å². The molecule has 0 radical (unpaired) electrons. The Bertz CT molecular complexity index is 1740. The van der Waals surface area contributed by atoms with E-state index in [1.54, 1.807) is 0 Å². The molecule has 0 N–H and O–H groups in total. The van der Waals surface area contributed by atoms with E-state index in [0.717, 1.165) is 55.7 Å². The maximum Gasteiger partial charge on any atom is 0.0619 e. The van der Waals surface area contributed by atoms with E-state index >= 15 is 0 Å². The Morgan fingerprint density at radius 2 is 0.875 bits per heavy atom. The third kappa shape index (κ3) is 7.66. The summed E-state index contributed by atoms with van der Waals surface area (Å²) < 4.78 is 0. The first-order valence-corrected chi connectivity index (χ1v) is 16.9. The van der Waals surface area contributed by atoms with Crippen molar-refractivity contribution >= 4 is 32.9 Å². The molecule has 0 spiro atoms. The van der Waals surface area contributed by atoms with E-state index in [0.29, 0.717) is 0 Å². The zero-order valence-electron chi connectivity index (χ0n) is 31.1. The molecule has 0 bridgehead atoms. The van der Waals surface area contributed by atoms with Gasteiger partial charge in [0, 0.05) is 44.3 Å². The van der Waals surface area contributed by atoms with Crippen LogP contribution in [-0.4, -0.2) is 0 Å². The molecule has 0 amide bonds. The van der Waals surface area contributed by atoms with Crippen molar-refractivity contribution in [2.75, 3.05) is 9.80 Å². The molecule has 2 nitrogen and oxygen atoms in total. The fourth-order valence-electron chi connectivity index (χ4n) is 6.06. The minimum absolute atomic E-state index is 0.0688. The quantitative estimate of drug-likeness (QED) is 0.111. The number of allylic oxidation sites excluding steroid dienone is 12. The first-order valence-electron chi connectivity index (χ1n) is 16.9. The second kappa shape index (κ2) is 15.8. The second-order valence-electron chi connectivity index (χ2n) is 13.9. The van der Waals surface area contributed by atoms with Crippen LogP contribution in [0.4, 0.5) is 11.4 Å². The Morgan fingerprint density at radius 1 is 0.521 bits per heavy atom. The summed E-state index contributed by atoms with van der Waals surface area (Å²) in [7, 11) is 0. The van der Waals surface area contributed by atoms with Gasteiger partial charge in [0.2, 0.25) is 0 Å². The highest BCUT2D eigenvalue weighted by Crippen LogP contribution is 2.49. The molecule has 0 aromatic heterocycles. The van der Waals surface area contributed by atoms with Crippen molar-refractivity contribution < 1.29 is 0 Å². The predicted octanol–water partition coefficient (Wildman–Crippen LogP) is 13.7. The molecule has 2 heteroatoms. The topological polar surface area (TPSA) is 6.48 Å². The highest BCUT2D eigenvalue weighted by atomic mass is 15.2. The van der Waals surface area contributed by atoms with Gasteiger partial charge in [-0.15, -0.1) is 0 Å². The largest absolute Gasteiger partial charge is 0.310 e. The number of benzene rings is 3. The van der Waals surface area contributed by atoms with E-state index in [1.807, 2.05) is 36.5 Å². The maximum atomic E-state index is 4.26. The van der Waals surface area contributed by atoms with E-state index in [2.05, 4.69) is 178 Å². The van der Waals surface area contributed by atoms with E-state index in [9.17, 15) is 0 Å². The van der Waals surface area contributed by atoms with Gasteiger partial charge in [-0.25, -0.2) is 0 Å². The average Bonchev–Trinajstić information content (AvgIpc) is 3.05. The van der Waals surface area contributed by atoms with Gasteiger partial charge in [-0.1, -0.05) is 129 Å². The van der Waals surface area contributed by atoms with Gasteiger partial charge in [-0.3, -0.25) is 0 Å². The molecule has 3 aromatic carbocycles. The van der Waals surface area contributed by atoms with Gasteiger partial charge < -0.3 is 9.80 Å². The Balaban J connectivity index is 2.93. The van der Waals surface area contributed by atoms with Crippen molar-refractivity contribution in [1.29, 1.82) is 0 Å². The van der Waals surface area contributed by atoms with Crippen LogP contribution in [0.1, 0.15) is 80.4 Å². The van der Waals surface area contributed by atoms with Crippen LogP contribution in [0.2, 0.25) is 0 Å². The number of fused-ring (bicyclic) bond motifs is 2. The third-order valence-electron chi connectivity index (χ3n) is 8.53. The van der Waals surface area contributed by atoms with E-state index < -0.39 is 0 Å². The number of hydrogen-bond donors (Lipinski definition) is 0. The van der Waals surface area contributed by atoms with Crippen molar-refractivity contribution in [3.8, 4) is 0 Å². The van der Waals surface area contributed by atoms with Crippen LogP contribution in [0.15, 0.2) is 158 Å². The summed E-state index contributed by atoms with van der Waals surface area (Å²) in [6.07, 6.45) is 24.3. The lowest BCUT2D eigenvalue weighted by molar-refractivity contribution is 0.590. The van der Waals surface area contributed by atoms with E-state index in [4.69, 9.17) is 0 Å². The third-order valence-corrected chi connectivity index (χ3v) is 8.53. The van der Waals surface area contributed by atoms with Gasteiger partial charge in [0.15, 0.2) is 0 Å². The minimum atomic E-state index is -0.0688. The van der Waals surface area contributed by atoms with Gasteiger partial charge >= 0.3 is 0 Å². The number of nitrogens with zero attached hydrogens (tertiary/aromatic N) is 2. The second-order valence-corrected chi connectivity index (χ2v) is 13.9. The standard InChI is InChI=1S/C46H56N2/c1-15-23-35(19-5)47(36(20-6)24-16-2)43-39-29-27-34(46(12,13)14)32-42(39)44(40-30-28-33(31-41(40)43)45(9,10)11)48(37(21-7)25-17-3)38(22-8)26-18-4/h15-32H,1,3,5,7H2,2,4,6,8-14H3/b24-16-,26-18-,35-23+,36-20+,37-25+,38-22+. The molecular weight excluding hydrogens is 581 g/mol. The molecule has 0 heterocycles. The summed E-state index contributed by atoms with van der Waals surface area (Å²) in [6.45, 7) is 38.5. The molecule has 0 saturated carbocycles. The molecule has 250 valence electrons. The first-order chi connectivity index (χ1) is 22.8. The summed E-state index contributed by atoms with van der Waals surface area (Å²) in [5, 5.41) is 4.52. The first kappa shape index (κ1) is 37.6. The summed E-state index contributed by atoms with van der Waals surface area (Å²) in [4.78, 5) is 4.65. The predicted molar refractivity (Wildman–Crippen MR) is 218 cm³/mol. The molecule has 3 aromatic rings. The van der Waals surface area contributed by atoms with Crippen molar-refractivity contribution in [3.05, 3.63) is 170 Å². The SMILES string of the molecule is C=C/C=C(\C=C)N(C(/C=C\C)=C/C)c1c2ccc(C(C)(C)C)cc2c(N(/C(C=C)=C/C=C)C(/C=C\C)=C/C)c2ccc(C(C)(C)C)cc12. The lowest BCUT2D eigenvalue weighted by Gasteiger charge is -2.35. The van der Waals surface area contributed by atoms with Crippen LogP contribution in [0.25, 0.3) is 21.5 Å². The van der Waals surface area contributed by atoms with Crippen LogP contribution in [0.5, 0.6) is 0 Å². The highest BCUT2D eigenvalue weighted by Gasteiger charge is 2.28. The number of rotatable bonds is 12. The molecule has 0 fully saturated rings. The Kier molecular flexibility index (Phi) is 12.4. The lowest BCUT2D eigenvalue weighted by Crippen LogP contribution is -2.24. The summed E-state index contributed by atoms with van der Waals surface area (Å²) >= 11 is 0. The molecule has 48 heavy (non-hydrogen) atoms. The zero-order valence-corrected chi connectivity index (χ0v) is 31.1. The molecule has 0 unspecified atom stereocenters. The van der Waals surface area contributed by atoms with Crippen molar-refractivity contribution in [1.82, 2.24) is 0 Å². The molecular formula is C46H56N2. The Morgan fingerprint density at radius 3 is 1.12 bits per heavy atom. The molecule has 0 aliphatic heterocycles. The van der Waals surface area contributed by atoms with E-state index in [1.165, 1.54) is 11.1 Å². The molecule has 0 aliphatic rings. The van der Waals surface area contributed by atoms with Gasteiger partial charge in [0.25, 0.3) is 0 Å². The van der Waals surface area contributed by atoms with Crippen LogP contribution < -0.4 is 9.80 Å². The summed E-state index contributed by atoms with van der Waals surface area (Å²) in [6, 6.07) is 13.9. The lowest BCUT2D eigenvalue weighted by atomic mass is 9.82. The zero-order chi connectivity index (χ0) is 35.8. The highest BCUT2D eigenvalue weighted by molar-refractivity contribution is 6.22. The van der Waals surface area contributed by atoms with Crippen molar-refractivity contribution in [2.24, 2.45) is 0 Å². The summed E-state index contributed by atoms with van der Waals surface area (Å²) in [5.41, 5.74) is 8.51. The van der Waals surface area contributed by atoms with Crippen LogP contribution in [0, 0.1) is 0 Å². The van der Waals surface area contributed by atoms with Gasteiger partial charge in [0.1, 0.15) is 0 Å². The number of anilines is 2. The monoisotopic (exact) mass is 636 g/mol. The fraction of sp³-hybridized carbons (Fsp3) is 0.261. The van der Waals surface area contributed by atoms with Crippen molar-refractivity contribution in [3.63, 3.8) is 0 Å². The Labute approximate surface area is 291 Å². The van der Waals surface area contributed by atoms with Gasteiger partial charge in [-0.05, 0) is 98.2 Å². The molecule has 0 aliphatic carbocycles. The Hall–Kier alpha value is -4.82. The normalized spacial score (nSPS) is 13.9.